The topological polar surface area (TPSA) is 42.1 Å². The molecule has 0 N–H and O–H groups in total. The molecule has 92 valence electrons. The fourth-order valence-corrected chi connectivity index (χ4v) is 2.25. The minimum atomic E-state index is -0.421. The lowest BCUT2D eigenvalue weighted by Crippen LogP contribution is -2.45. The summed E-state index contributed by atoms with van der Waals surface area (Å²) in [7, 11) is 0. The van der Waals surface area contributed by atoms with Crippen LogP contribution in [0.5, 0.6) is 0 Å². The first-order chi connectivity index (χ1) is 7.32. The number of carbonyl (C=O) groups is 1. The predicted molar refractivity (Wildman–Crippen MR) is 60.3 cm³/mol. The van der Waals surface area contributed by atoms with Gasteiger partial charge < -0.3 is 14.4 Å². The van der Waals surface area contributed by atoms with E-state index in [1.807, 2.05) is 25.7 Å². The van der Waals surface area contributed by atoms with Crippen molar-refractivity contribution in [2.24, 2.45) is 0 Å². The van der Waals surface area contributed by atoms with Crippen LogP contribution in [-0.4, -0.2) is 41.4 Å². The number of amides is 1. The van der Waals surface area contributed by atoms with Gasteiger partial charge in [0.15, 0.2) is 0 Å². The summed E-state index contributed by atoms with van der Waals surface area (Å²) in [5, 5.41) is 0. The molecule has 0 spiro atoms. The van der Waals surface area contributed by atoms with Crippen LogP contribution in [0.15, 0.2) is 0 Å². The van der Waals surface area contributed by atoms with E-state index in [0.717, 1.165) is 26.0 Å². The molecule has 4 nitrogen and oxygen atoms in total. The summed E-state index contributed by atoms with van der Waals surface area (Å²) in [4.78, 5) is 13.8. The lowest BCUT2D eigenvalue weighted by atomic mass is 10.0. The first-order valence-corrected chi connectivity index (χ1v) is 5.95. The van der Waals surface area contributed by atoms with E-state index in [9.17, 15) is 4.79 Å². The van der Waals surface area contributed by atoms with Gasteiger partial charge >= 0.3 is 6.09 Å². The number of rotatable bonds is 1. The maximum Gasteiger partial charge on any atom is 0.410 e. The molecule has 0 radical (unpaired) electrons. The molecule has 0 aliphatic carbocycles. The number of epoxide rings is 1. The minimum Gasteiger partial charge on any atom is -0.444 e. The highest BCUT2D eigenvalue weighted by molar-refractivity contribution is 5.69. The molecule has 2 fully saturated rings. The molecule has 2 atom stereocenters. The third-order valence-electron chi connectivity index (χ3n) is 3.19. The van der Waals surface area contributed by atoms with E-state index in [1.165, 1.54) is 0 Å². The number of nitrogens with zero attached hydrogens (tertiary/aromatic N) is 1. The predicted octanol–water partition coefficient (Wildman–Crippen LogP) is 2.17. The molecule has 0 bridgehead atoms. The van der Waals surface area contributed by atoms with Crippen LogP contribution in [0.4, 0.5) is 4.79 Å². The first kappa shape index (κ1) is 11.7. The number of hydrogen-bond donors (Lipinski definition) is 0. The summed E-state index contributed by atoms with van der Waals surface area (Å²) in [5.41, 5.74) is -0.539. The Kier molecular flexibility index (Phi) is 2.65. The highest BCUT2D eigenvalue weighted by Crippen LogP contribution is 2.39. The maximum atomic E-state index is 12.0. The molecular formula is C12H21NO3. The number of carbonyl (C=O) groups excluding carboxylic acids is 1. The van der Waals surface area contributed by atoms with E-state index in [1.54, 1.807) is 0 Å². The molecule has 16 heavy (non-hydrogen) atoms. The summed E-state index contributed by atoms with van der Waals surface area (Å²) in [6.45, 7) is 9.30. The zero-order chi connectivity index (χ0) is 12.0. The van der Waals surface area contributed by atoms with E-state index >= 15 is 0 Å². The van der Waals surface area contributed by atoms with Gasteiger partial charge in [0.05, 0.1) is 12.6 Å². The first-order valence-electron chi connectivity index (χ1n) is 5.95. The Morgan fingerprint density at radius 2 is 2.12 bits per heavy atom. The van der Waals surface area contributed by atoms with Gasteiger partial charge in [-0.05, 0) is 40.5 Å². The Morgan fingerprint density at radius 3 is 2.62 bits per heavy atom. The van der Waals surface area contributed by atoms with Gasteiger partial charge in [-0.15, -0.1) is 0 Å². The van der Waals surface area contributed by atoms with Crippen molar-refractivity contribution in [1.82, 2.24) is 4.90 Å². The van der Waals surface area contributed by atoms with Crippen LogP contribution in [-0.2, 0) is 9.47 Å². The molecule has 2 aliphatic heterocycles. The van der Waals surface area contributed by atoms with Crippen LogP contribution in [0.25, 0.3) is 0 Å². The van der Waals surface area contributed by atoms with Crippen molar-refractivity contribution >= 4 is 6.09 Å². The monoisotopic (exact) mass is 227 g/mol. The number of likely N-dealkylation sites (tertiary alicyclic amines) is 1. The van der Waals surface area contributed by atoms with Crippen LogP contribution in [0, 0.1) is 0 Å². The highest BCUT2D eigenvalue weighted by Gasteiger charge is 2.52. The van der Waals surface area contributed by atoms with E-state index in [0.29, 0.717) is 0 Å². The van der Waals surface area contributed by atoms with E-state index in [-0.39, 0.29) is 17.7 Å². The van der Waals surface area contributed by atoms with E-state index in [2.05, 4.69) is 6.92 Å². The van der Waals surface area contributed by atoms with Crippen LogP contribution < -0.4 is 0 Å². The second kappa shape index (κ2) is 3.62. The number of ether oxygens (including phenoxy) is 2. The molecular weight excluding hydrogens is 206 g/mol. The molecule has 0 aromatic heterocycles. The molecule has 2 heterocycles. The summed E-state index contributed by atoms with van der Waals surface area (Å²) < 4.78 is 10.8. The van der Waals surface area contributed by atoms with Gasteiger partial charge in [-0.1, -0.05) is 0 Å². The van der Waals surface area contributed by atoms with E-state index in [4.69, 9.17) is 9.47 Å². The largest absolute Gasteiger partial charge is 0.444 e. The summed E-state index contributed by atoms with van der Waals surface area (Å²) >= 11 is 0. The van der Waals surface area contributed by atoms with Crippen LogP contribution in [0.3, 0.4) is 0 Å². The van der Waals surface area contributed by atoms with Crippen molar-refractivity contribution in [2.45, 2.75) is 57.8 Å². The van der Waals surface area contributed by atoms with Gasteiger partial charge in [-0.2, -0.15) is 0 Å². The van der Waals surface area contributed by atoms with Crippen molar-refractivity contribution in [2.75, 3.05) is 13.2 Å². The molecule has 2 saturated heterocycles. The molecule has 2 aliphatic rings. The second-order valence-corrected chi connectivity index (χ2v) is 5.93. The van der Waals surface area contributed by atoms with Gasteiger partial charge in [-0.25, -0.2) is 4.79 Å². The van der Waals surface area contributed by atoms with Gasteiger partial charge in [0.2, 0.25) is 0 Å². The summed E-state index contributed by atoms with van der Waals surface area (Å²) in [6, 6.07) is 0.197. The van der Waals surface area contributed by atoms with Crippen molar-refractivity contribution in [3.05, 3.63) is 0 Å². The fraction of sp³-hybridized carbons (Fsp3) is 0.917. The summed E-state index contributed by atoms with van der Waals surface area (Å²) in [6.07, 6.45) is 1.87. The Balaban J connectivity index is 2.00. The SMILES string of the molecule is CC(C)(C)OC(=O)N1CCCC1C1(C)CO1. The van der Waals surface area contributed by atoms with Gasteiger partial charge in [-0.3, -0.25) is 0 Å². The molecule has 4 heteroatoms. The zero-order valence-corrected chi connectivity index (χ0v) is 10.6. The molecule has 1 amide bonds. The lowest BCUT2D eigenvalue weighted by molar-refractivity contribution is 0.0158. The summed E-state index contributed by atoms with van der Waals surface area (Å²) in [5.74, 6) is 0. The smallest absolute Gasteiger partial charge is 0.410 e. The standard InChI is InChI=1S/C12H21NO3/c1-11(2,3)16-10(14)13-7-5-6-9(13)12(4)8-15-12/h9H,5-8H2,1-4H3. The van der Waals surface area contributed by atoms with E-state index < -0.39 is 5.60 Å². The van der Waals surface area contributed by atoms with Gasteiger partial charge in [0.1, 0.15) is 11.2 Å². The quantitative estimate of drug-likeness (QED) is 0.645. The molecule has 0 aromatic carbocycles. The molecule has 0 saturated carbocycles. The van der Waals surface area contributed by atoms with Crippen molar-refractivity contribution < 1.29 is 14.3 Å². The maximum absolute atomic E-state index is 12.0. The molecule has 2 rings (SSSR count). The van der Waals surface area contributed by atoms with Crippen LogP contribution in [0.1, 0.15) is 40.5 Å². The Hall–Kier alpha value is -0.770. The Morgan fingerprint density at radius 1 is 1.50 bits per heavy atom. The van der Waals surface area contributed by atoms with Crippen molar-refractivity contribution in [3.63, 3.8) is 0 Å². The third kappa shape index (κ3) is 2.32. The highest BCUT2D eigenvalue weighted by atomic mass is 16.6. The van der Waals surface area contributed by atoms with Gasteiger partial charge in [0.25, 0.3) is 0 Å². The van der Waals surface area contributed by atoms with Crippen LogP contribution >= 0.6 is 0 Å². The normalized spacial score (nSPS) is 34.0. The van der Waals surface area contributed by atoms with Crippen molar-refractivity contribution in [3.8, 4) is 0 Å². The van der Waals surface area contributed by atoms with Crippen molar-refractivity contribution in [1.29, 1.82) is 0 Å². The number of hydrogen-bond acceptors (Lipinski definition) is 3. The molecule has 2 unspecified atom stereocenters. The third-order valence-corrected chi connectivity index (χ3v) is 3.19. The second-order valence-electron chi connectivity index (χ2n) is 5.93. The average Bonchev–Trinajstić information content (AvgIpc) is 2.70. The van der Waals surface area contributed by atoms with Crippen LogP contribution in [0.2, 0.25) is 0 Å². The lowest BCUT2D eigenvalue weighted by Gasteiger charge is -2.30. The van der Waals surface area contributed by atoms with Gasteiger partial charge in [0, 0.05) is 6.54 Å². The Labute approximate surface area is 96.9 Å². The zero-order valence-electron chi connectivity index (χ0n) is 10.6. The fourth-order valence-electron chi connectivity index (χ4n) is 2.25. The average molecular weight is 227 g/mol. The molecule has 0 aromatic rings. The Bertz CT molecular complexity index is 291. The minimum absolute atomic E-state index is 0.118.